The fourth-order valence-electron chi connectivity index (χ4n) is 4.29. The van der Waals surface area contributed by atoms with Gasteiger partial charge in [-0.25, -0.2) is 0 Å². The fourth-order valence-corrected chi connectivity index (χ4v) is 11.4. The van der Waals surface area contributed by atoms with Crippen LogP contribution in [-0.2, 0) is 29.7 Å². The minimum Gasteiger partial charge on any atom is -1.00 e. The van der Waals surface area contributed by atoms with E-state index in [-0.39, 0.29) is 32.7 Å². The Hall–Kier alpha value is -0.707. The van der Waals surface area contributed by atoms with E-state index in [9.17, 15) is 0 Å². The summed E-state index contributed by atoms with van der Waals surface area (Å²) in [6, 6.07) is 25.1. The first kappa shape index (κ1) is 22.0. The van der Waals surface area contributed by atoms with Gasteiger partial charge in [-0.2, -0.15) is 0 Å². The van der Waals surface area contributed by atoms with Gasteiger partial charge in [0.1, 0.15) is 0 Å². The number of allylic oxidation sites excluding steroid dienone is 1. The van der Waals surface area contributed by atoms with Gasteiger partial charge in [0, 0.05) is 0 Å². The topological polar surface area (TPSA) is 0 Å². The van der Waals surface area contributed by atoms with Crippen LogP contribution in [0.25, 0.3) is 17.2 Å². The molecule has 1 unspecified atom stereocenters. The molecular weight excluding hydrogens is 481 g/mol. The van der Waals surface area contributed by atoms with E-state index < -0.39 is 23.2 Å². The quantitative estimate of drug-likeness (QED) is 0.341. The summed E-state index contributed by atoms with van der Waals surface area (Å²) in [6.45, 7) is 4.84. The molecule has 0 saturated heterocycles. The van der Waals surface area contributed by atoms with Crippen LogP contribution in [0.15, 0.2) is 72.0 Å². The van der Waals surface area contributed by atoms with Gasteiger partial charge in [-0.05, 0) is 0 Å². The third kappa shape index (κ3) is 3.73. The van der Waals surface area contributed by atoms with E-state index in [1.807, 2.05) is 0 Å². The molecule has 5 rings (SSSR count). The van der Waals surface area contributed by atoms with Gasteiger partial charge >= 0.3 is 169 Å². The molecule has 3 aromatic carbocycles. The zero-order valence-corrected chi connectivity index (χ0v) is 20.8. The van der Waals surface area contributed by atoms with Gasteiger partial charge in [0.15, 0.2) is 0 Å². The molecule has 2 aliphatic carbocycles. The molecule has 2 aliphatic rings. The molecule has 0 N–H and O–H groups in total. The molecule has 0 radical (unpaired) electrons. The number of hydrogen-bond acceptors (Lipinski definition) is 0. The van der Waals surface area contributed by atoms with Gasteiger partial charge in [0.2, 0.25) is 0 Å². The van der Waals surface area contributed by atoms with Crippen LogP contribution in [-0.4, -0.2) is 13.3 Å². The van der Waals surface area contributed by atoms with Crippen LogP contribution in [0.4, 0.5) is 0 Å². The summed E-state index contributed by atoms with van der Waals surface area (Å²) in [7, 11) is -0.0324. The third-order valence-corrected chi connectivity index (χ3v) is 11.7. The Bertz CT molecular complexity index is 1040. The van der Waals surface area contributed by atoms with E-state index in [0.29, 0.717) is 3.63 Å². The van der Waals surface area contributed by atoms with Gasteiger partial charge in [-0.15, -0.1) is 0 Å². The molecule has 0 heterocycles. The summed E-state index contributed by atoms with van der Waals surface area (Å²) in [4.78, 5) is 0. The van der Waals surface area contributed by atoms with Crippen molar-refractivity contribution in [2.45, 2.75) is 10.0 Å². The molecule has 0 aliphatic heterocycles. The second-order valence-corrected chi connectivity index (χ2v) is 13.1. The van der Waals surface area contributed by atoms with Crippen LogP contribution in [0.3, 0.4) is 0 Å². The summed E-state index contributed by atoms with van der Waals surface area (Å²) in [6.07, 6.45) is 3.63. The van der Waals surface area contributed by atoms with Crippen LogP contribution >= 0.6 is 7.92 Å². The van der Waals surface area contributed by atoms with Gasteiger partial charge in [0.05, 0.1) is 0 Å². The maximum absolute atomic E-state index is 2.50. The predicted octanol–water partition coefficient (Wildman–Crippen LogP) is -0.189. The van der Waals surface area contributed by atoms with Gasteiger partial charge in [0.25, 0.3) is 0 Å². The van der Waals surface area contributed by atoms with Crippen molar-refractivity contribution in [3.63, 3.8) is 0 Å². The van der Waals surface area contributed by atoms with E-state index in [1.54, 1.807) is 19.7 Å². The number of rotatable bonds is 3. The molecule has 0 amide bonds. The second-order valence-electron chi connectivity index (χ2n) is 7.34. The summed E-state index contributed by atoms with van der Waals surface area (Å²) < 4.78 is 2.41. The standard InChI is InChI=1S/C13H9.C11H12P.2ClH.Zr/c1-3-7-12-10(5-1)9-11-6-2-4-8-13(11)12;1-12(2)11-7-9-5-3-4-6-10(9)8-11;;;/h1-5,7-8H,9H2;3-8H,1-2H3;2*1H;/q;;;;+2/p-2. The molecule has 4 heteroatoms. The SMILES string of the molecule is CP(C)C1=Cc2ccccc2[CH]1[Zr+2][c]1cccc2c1Cc1ccccc1-2.[Cl-].[Cl-]. The molecule has 140 valence electrons. The Kier molecular flexibility index (Phi) is 7.05. The zero-order chi connectivity index (χ0) is 17.7. The number of halogens is 2. The average Bonchev–Trinajstić information content (AvgIpc) is 3.21. The molecule has 0 saturated carbocycles. The van der Waals surface area contributed by atoms with E-state index in [4.69, 9.17) is 0 Å². The van der Waals surface area contributed by atoms with Crippen LogP contribution in [0.2, 0.25) is 0 Å². The van der Waals surface area contributed by atoms with Crippen molar-refractivity contribution in [2.24, 2.45) is 0 Å². The summed E-state index contributed by atoms with van der Waals surface area (Å²) in [5, 5.41) is 1.72. The van der Waals surface area contributed by atoms with Crippen molar-refractivity contribution in [1.82, 2.24) is 0 Å². The average molecular weight is 503 g/mol. The first-order valence-corrected chi connectivity index (χ1v) is 14.1. The molecule has 1 atom stereocenters. The first-order chi connectivity index (χ1) is 12.7. The van der Waals surface area contributed by atoms with Crippen molar-refractivity contribution < 1.29 is 48.0 Å². The molecular formula is C24H21Cl2PZr. The van der Waals surface area contributed by atoms with Crippen LogP contribution in [0, 0.1) is 0 Å². The molecule has 3 aromatic rings. The molecule has 0 fully saturated rings. The number of fused-ring (bicyclic) bond motifs is 4. The van der Waals surface area contributed by atoms with Crippen molar-refractivity contribution in [3.05, 3.63) is 94.3 Å². The molecule has 0 spiro atoms. The van der Waals surface area contributed by atoms with E-state index in [1.165, 1.54) is 22.3 Å². The third-order valence-electron chi connectivity index (χ3n) is 5.57. The van der Waals surface area contributed by atoms with Gasteiger partial charge < -0.3 is 24.8 Å². The second kappa shape index (κ2) is 8.97. The monoisotopic (exact) mass is 500 g/mol. The zero-order valence-electron chi connectivity index (χ0n) is 15.9. The van der Waals surface area contributed by atoms with Crippen LogP contribution < -0.4 is 28.1 Å². The van der Waals surface area contributed by atoms with E-state index in [2.05, 4.69) is 86.1 Å². The van der Waals surface area contributed by atoms with Crippen molar-refractivity contribution >= 4 is 17.3 Å². The molecule has 0 bridgehead atoms. The maximum Gasteiger partial charge on any atom is -1.00 e. The Morgan fingerprint density at radius 1 is 0.821 bits per heavy atom. The number of benzene rings is 3. The van der Waals surface area contributed by atoms with Gasteiger partial charge in [-0.1, -0.05) is 0 Å². The normalized spacial score (nSPS) is 15.5. The summed E-state index contributed by atoms with van der Waals surface area (Å²) >= 11 is -0.769. The van der Waals surface area contributed by atoms with Crippen molar-refractivity contribution in [3.8, 4) is 11.1 Å². The van der Waals surface area contributed by atoms with E-state index >= 15 is 0 Å². The first-order valence-electron chi connectivity index (χ1n) is 9.17. The van der Waals surface area contributed by atoms with Crippen LogP contribution in [0.1, 0.15) is 25.9 Å². The minimum absolute atomic E-state index is 0. The molecule has 28 heavy (non-hydrogen) atoms. The van der Waals surface area contributed by atoms with Crippen LogP contribution in [0.5, 0.6) is 0 Å². The Balaban J connectivity index is 0.00000112. The Labute approximate surface area is 193 Å². The minimum atomic E-state index is -0.769. The van der Waals surface area contributed by atoms with E-state index in [0.717, 1.165) is 6.42 Å². The fraction of sp³-hybridized carbons (Fsp3) is 0.167. The molecule has 0 nitrogen and oxygen atoms in total. The molecule has 0 aromatic heterocycles. The number of hydrogen-bond donors (Lipinski definition) is 0. The Morgan fingerprint density at radius 3 is 2.36 bits per heavy atom. The van der Waals surface area contributed by atoms with Crippen molar-refractivity contribution in [2.75, 3.05) is 13.3 Å². The smallest absolute Gasteiger partial charge is 1.00 e. The summed E-state index contributed by atoms with van der Waals surface area (Å²) in [5.41, 5.74) is 9.15. The largest absolute Gasteiger partial charge is 1.00 e. The Morgan fingerprint density at radius 2 is 1.54 bits per heavy atom. The predicted molar refractivity (Wildman–Crippen MR) is 110 cm³/mol. The summed E-state index contributed by atoms with van der Waals surface area (Å²) in [5.74, 6) is 0. The van der Waals surface area contributed by atoms with Crippen molar-refractivity contribution in [1.29, 1.82) is 0 Å². The van der Waals surface area contributed by atoms with Gasteiger partial charge in [-0.3, -0.25) is 0 Å². The maximum atomic E-state index is 2.50.